The van der Waals surface area contributed by atoms with Gasteiger partial charge in [0.2, 0.25) is 0 Å². The van der Waals surface area contributed by atoms with E-state index in [2.05, 4.69) is 16.4 Å². The zero-order valence-corrected chi connectivity index (χ0v) is 15.0. The third-order valence-corrected chi connectivity index (χ3v) is 6.07. The van der Waals surface area contributed by atoms with Crippen molar-refractivity contribution in [3.63, 3.8) is 0 Å². The number of hydrogen-bond donors (Lipinski definition) is 2. The molecule has 1 amide bonds. The molecule has 2 N–H and O–H groups in total. The predicted octanol–water partition coefficient (Wildman–Crippen LogP) is 3.20. The van der Waals surface area contributed by atoms with Crippen LogP contribution in [0.4, 0.5) is 0 Å². The first-order valence-electron chi connectivity index (χ1n) is 9.66. The Morgan fingerprint density at radius 2 is 2.08 bits per heavy atom. The van der Waals surface area contributed by atoms with Crippen molar-refractivity contribution in [1.82, 2.24) is 10.3 Å². The summed E-state index contributed by atoms with van der Waals surface area (Å²) < 4.78 is 5.17. The lowest BCUT2D eigenvalue weighted by atomic mass is 9.86. The lowest BCUT2D eigenvalue weighted by Crippen LogP contribution is -2.31. The van der Waals surface area contributed by atoms with Crippen molar-refractivity contribution < 1.29 is 14.3 Å². The van der Waals surface area contributed by atoms with Gasteiger partial charge in [-0.2, -0.15) is 0 Å². The minimum absolute atomic E-state index is 0.173. The van der Waals surface area contributed by atoms with Crippen LogP contribution in [0.3, 0.4) is 0 Å². The number of H-pyrrole nitrogens is 1. The third kappa shape index (κ3) is 3.76. The maximum Gasteiger partial charge on any atom is 0.306 e. The highest BCUT2D eigenvalue weighted by Crippen LogP contribution is 2.49. The molecule has 2 aliphatic carbocycles. The molecule has 0 spiro atoms. The molecular formula is C21H26N2O3. The van der Waals surface area contributed by atoms with E-state index in [-0.39, 0.29) is 18.5 Å². The van der Waals surface area contributed by atoms with Crippen LogP contribution in [-0.4, -0.2) is 30.0 Å². The number of rotatable bonds is 7. The molecule has 1 aromatic carbocycles. The molecule has 2 bridgehead atoms. The minimum atomic E-state index is -0.230. The van der Waals surface area contributed by atoms with Gasteiger partial charge >= 0.3 is 5.97 Å². The Morgan fingerprint density at radius 3 is 2.88 bits per heavy atom. The molecule has 0 radical (unpaired) electrons. The number of hydrogen-bond acceptors (Lipinski definition) is 3. The van der Waals surface area contributed by atoms with E-state index in [0.29, 0.717) is 24.8 Å². The van der Waals surface area contributed by atoms with E-state index in [1.165, 1.54) is 30.2 Å². The normalized spacial score (nSPS) is 24.1. The number of para-hydroxylation sites is 1. The molecule has 1 aromatic heterocycles. The number of esters is 1. The van der Waals surface area contributed by atoms with Gasteiger partial charge in [-0.05, 0) is 55.1 Å². The van der Waals surface area contributed by atoms with Crippen molar-refractivity contribution in [2.75, 3.05) is 13.2 Å². The molecular weight excluding hydrogens is 328 g/mol. The number of benzene rings is 1. The van der Waals surface area contributed by atoms with Crippen molar-refractivity contribution in [1.29, 1.82) is 0 Å². The van der Waals surface area contributed by atoms with Crippen LogP contribution in [0.1, 0.15) is 37.7 Å². The molecule has 5 nitrogen and oxygen atoms in total. The summed E-state index contributed by atoms with van der Waals surface area (Å²) in [7, 11) is 0. The van der Waals surface area contributed by atoms with Crippen LogP contribution >= 0.6 is 0 Å². The van der Waals surface area contributed by atoms with Crippen LogP contribution in [-0.2, 0) is 20.7 Å². The molecule has 5 heteroatoms. The maximum atomic E-state index is 12.0. The molecule has 0 saturated heterocycles. The fraction of sp³-hybridized carbons (Fsp3) is 0.524. The van der Waals surface area contributed by atoms with Gasteiger partial charge in [0, 0.05) is 30.1 Å². The van der Waals surface area contributed by atoms with Gasteiger partial charge in [0.25, 0.3) is 5.91 Å². The summed E-state index contributed by atoms with van der Waals surface area (Å²) in [6.45, 7) is 0.359. The molecule has 138 valence electrons. The molecule has 4 rings (SSSR count). The lowest BCUT2D eigenvalue weighted by molar-refractivity contribution is -0.149. The molecule has 26 heavy (non-hydrogen) atoms. The Labute approximate surface area is 153 Å². The van der Waals surface area contributed by atoms with Gasteiger partial charge in [0.15, 0.2) is 6.61 Å². The molecule has 0 unspecified atom stereocenters. The second-order valence-electron chi connectivity index (χ2n) is 7.76. The zero-order valence-electron chi connectivity index (χ0n) is 15.0. The van der Waals surface area contributed by atoms with E-state index in [0.717, 1.165) is 24.3 Å². The number of amides is 1. The second kappa shape index (κ2) is 7.52. The summed E-state index contributed by atoms with van der Waals surface area (Å²) in [5.41, 5.74) is 2.28. The van der Waals surface area contributed by atoms with Crippen molar-refractivity contribution in [2.45, 2.75) is 38.5 Å². The summed E-state index contributed by atoms with van der Waals surface area (Å²) in [4.78, 5) is 27.1. The fourth-order valence-corrected chi connectivity index (χ4v) is 4.77. The molecule has 1 heterocycles. The molecule has 2 saturated carbocycles. The number of carbonyl (C=O) groups excluding carboxylic acids is 2. The molecule has 0 aliphatic heterocycles. The Morgan fingerprint density at radius 1 is 1.19 bits per heavy atom. The smallest absolute Gasteiger partial charge is 0.306 e. The first-order valence-corrected chi connectivity index (χ1v) is 9.66. The second-order valence-corrected chi connectivity index (χ2v) is 7.76. The number of ether oxygens (including phenoxy) is 1. The van der Waals surface area contributed by atoms with Gasteiger partial charge in [-0.3, -0.25) is 9.59 Å². The summed E-state index contributed by atoms with van der Waals surface area (Å²) >= 11 is 0. The van der Waals surface area contributed by atoms with Crippen LogP contribution in [0.2, 0.25) is 0 Å². The van der Waals surface area contributed by atoms with Crippen molar-refractivity contribution in [2.24, 2.45) is 17.8 Å². The first kappa shape index (κ1) is 17.1. The van der Waals surface area contributed by atoms with Crippen molar-refractivity contribution >= 4 is 22.8 Å². The van der Waals surface area contributed by atoms with Gasteiger partial charge in [-0.1, -0.05) is 24.6 Å². The van der Waals surface area contributed by atoms with Crippen LogP contribution in [0.25, 0.3) is 10.9 Å². The topological polar surface area (TPSA) is 71.2 Å². The Hall–Kier alpha value is -2.30. The number of nitrogens with one attached hydrogen (secondary N) is 2. The van der Waals surface area contributed by atoms with E-state index in [9.17, 15) is 9.59 Å². The highest BCUT2D eigenvalue weighted by atomic mass is 16.5. The van der Waals surface area contributed by atoms with Crippen LogP contribution in [0, 0.1) is 17.8 Å². The SMILES string of the molecule is O=C(COC(=O)C[C@@H]1C[C@@H]2CC[C@@H]1C2)NCCc1c[nH]c2ccccc12. The molecule has 2 aliphatic rings. The highest BCUT2D eigenvalue weighted by molar-refractivity contribution is 5.83. The summed E-state index contributed by atoms with van der Waals surface area (Å²) in [6, 6.07) is 8.11. The number of carbonyl (C=O) groups is 2. The van der Waals surface area contributed by atoms with E-state index >= 15 is 0 Å². The monoisotopic (exact) mass is 354 g/mol. The van der Waals surface area contributed by atoms with Crippen molar-refractivity contribution in [3.05, 3.63) is 36.0 Å². The average Bonchev–Trinajstić information content (AvgIpc) is 3.36. The minimum Gasteiger partial charge on any atom is -0.456 e. The van der Waals surface area contributed by atoms with Gasteiger partial charge < -0.3 is 15.0 Å². The molecule has 2 fully saturated rings. The van der Waals surface area contributed by atoms with E-state index in [4.69, 9.17) is 4.74 Å². The summed E-state index contributed by atoms with van der Waals surface area (Å²) in [6.07, 6.45) is 8.24. The molecule has 3 atom stereocenters. The average molecular weight is 354 g/mol. The molecule has 2 aromatic rings. The highest BCUT2D eigenvalue weighted by Gasteiger charge is 2.40. The Bertz CT molecular complexity index is 797. The lowest BCUT2D eigenvalue weighted by Gasteiger charge is -2.20. The van der Waals surface area contributed by atoms with Crippen molar-refractivity contribution in [3.8, 4) is 0 Å². The standard InChI is InChI=1S/C21H26N2O3/c24-20(13-26-21(25)11-17-10-14-5-6-15(17)9-14)22-8-7-16-12-23-19-4-2-1-3-18(16)19/h1-4,12,14-15,17,23H,5-11,13H2,(H,22,24)/t14-,15-,17+/m1/s1. The van der Waals surface area contributed by atoms with Crippen LogP contribution < -0.4 is 5.32 Å². The van der Waals surface area contributed by atoms with Gasteiger partial charge in [-0.25, -0.2) is 0 Å². The predicted molar refractivity (Wildman–Crippen MR) is 99.5 cm³/mol. The summed E-state index contributed by atoms with van der Waals surface area (Å²) in [5.74, 6) is 1.55. The van der Waals surface area contributed by atoms with E-state index < -0.39 is 0 Å². The van der Waals surface area contributed by atoms with E-state index in [1.54, 1.807) is 0 Å². The van der Waals surface area contributed by atoms with Gasteiger partial charge in [-0.15, -0.1) is 0 Å². The van der Waals surface area contributed by atoms with Crippen LogP contribution in [0.5, 0.6) is 0 Å². The fourth-order valence-electron chi connectivity index (χ4n) is 4.77. The number of aromatic amines is 1. The van der Waals surface area contributed by atoms with Gasteiger partial charge in [0.05, 0.1) is 0 Å². The maximum absolute atomic E-state index is 12.0. The first-order chi connectivity index (χ1) is 12.7. The van der Waals surface area contributed by atoms with Gasteiger partial charge in [0.1, 0.15) is 0 Å². The zero-order chi connectivity index (χ0) is 17.9. The number of aromatic nitrogens is 1. The largest absolute Gasteiger partial charge is 0.456 e. The third-order valence-electron chi connectivity index (χ3n) is 6.07. The Kier molecular flexibility index (Phi) is 4.96. The quantitative estimate of drug-likeness (QED) is 0.750. The Balaban J connectivity index is 1.16. The van der Waals surface area contributed by atoms with Crippen LogP contribution in [0.15, 0.2) is 30.5 Å². The van der Waals surface area contributed by atoms with E-state index in [1.807, 2.05) is 24.4 Å². The summed E-state index contributed by atoms with van der Waals surface area (Å²) in [5, 5.41) is 4.01. The number of fused-ring (bicyclic) bond motifs is 3.